The smallest absolute Gasteiger partial charge is 0.211 e. The summed E-state index contributed by atoms with van der Waals surface area (Å²) in [5, 5.41) is 8.91. The van der Waals surface area contributed by atoms with Gasteiger partial charge in [-0.25, -0.2) is 0 Å². The lowest BCUT2D eigenvalue weighted by atomic mass is 9.84. The van der Waals surface area contributed by atoms with Crippen LogP contribution in [0.3, 0.4) is 0 Å². The van der Waals surface area contributed by atoms with E-state index in [-0.39, 0.29) is 0 Å². The van der Waals surface area contributed by atoms with Crippen molar-refractivity contribution in [2.45, 2.75) is 32.7 Å². The minimum absolute atomic E-state index is 0.479. The van der Waals surface area contributed by atoms with Crippen molar-refractivity contribution in [1.29, 1.82) is 0 Å². The van der Waals surface area contributed by atoms with Crippen LogP contribution in [-0.4, -0.2) is 42.3 Å². The van der Waals surface area contributed by atoms with Gasteiger partial charge >= 0.3 is 0 Å². The lowest BCUT2D eigenvalue weighted by Gasteiger charge is -2.44. The molecule has 1 atom stereocenters. The Bertz CT molecular complexity index is 674. The molecule has 5 rings (SSSR count). The summed E-state index contributed by atoms with van der Waals surface area (Å²) in [6.07, 6.45) is 2.58. The first-order valence-corrected chi connectivity index (χ1v) is 8.27. The van der Waals surface area contributed by atoms with E-state index in [9.17, 15) is 0 Å². The Balaban J connectivity index is 1.64. The topological polar surface area (TPSA) is 50.5 Å². The van der Waals surface area contributed by atoms with Crippen molar-refractivity contribution in [2.24, 2.45) is 5.92 Å². The number of aryl methyl sites for hydroxylation is 1. The van der Waals surface area contributed by atoms with Crippen LogP contribution in [-0.2, 0) is 0 Å². The number of ether oxygens (including phenoxy) is 1. The number of nitrogens with zero attached hydrogens (tertiary/aromatic N) is 2. The van der Waals surface area contributed by atoms with Crippen LogP contribution in [0.2, 0.25) is 0 Å². The molecule has 3 aliphatic heterocycles. The summed E-state index contributed by atoms with van der Waals surface area (Å²) in [4.78, 5) is 2.54. The van der Waals surface area contributed by atoms with Crippen molar-refractivity contribution in [3.05, 3.63) is 17.7 Å². The Hall–Kier alpha value is -1.75. The van der Waals surface area contributed by atoms with Crippen molar-refractivity contribution < 1.29 is 9.26 Å². The summed E-state index contributed by atoms with van der Waals surface area (Å²) in [5.74, 6) is 2.43. The zero-order valence-electron chi connectivity index (χ0n) is 13.3. The first kappa shape index (κ1) is 13.9. The van der Waals surface area contributed by atoms with E-state index in [0.29, 0.717) is 12.6 Å². The Morgan fingerprint density at radius 2 is 2.18 bits per heavy atom. The maximum Gasteiger partial charge on any atom is 0.211 e. The van der Waals surface area contributed by atoms with E-state index in [1.165, 1.54) is 25.9 Å². The van der Waals surface area contributed by atoms with E-state index in [2.05, 4.69) is 27.5 Å². The first-order chi connectivity index (χ1) is 10.8. The van der Waals surface area contributed by atoms with E-state index in [4.69, 9.17) is 9.26 Å². The van der Waals surface area contributed by atoms with E-state index >= 15 is 0 Å². The van der Waals surface area contributed by atoms with Gasteiger partial charge in [-0.3, -0.25) is 0 Å². The van der Waals surface area contributed by atoms with Gasteiger partial charge in [0.05, 0.1) is 12.0 Å². The van der Waals surface area contributed by atoms with Crippen molar-refractivity contribution in [2.75, 3.05) is 31.6 Å². The molecule has 3 fully saturated rings. The summed E-state index contributed by atoms with van der Waals surface area (Å²) in [6, 6.07) is 4.63. The van der Waals surface area contributed by atoms with Crippen molar-refractivity contribution in [1.82, 2.24) is 10.1 Å². The molecule has 3 aliphatic rings. The number of benzene rings is 1. The van der Waals surface area contributed by atoms with Crippen LogP contribution in [0.15, 0.2) is 16.7 Å². The van der Waals surface area contributed by atoms with Gasteiger partial charge in [0.2, 0.25) is 5.58 Å². The molecular formula is C17H23N3O2. The highest BCUT2D eigenvalue weighted by molar-refractivity contribution is 5.93. The molecule has 4 heterocycles. The monoisotopic (exact) mass is 301 g/mol. The van der Waals surface area contributed by atoms with Crippen LogP contribution in [0, 0.1) is 12.8 Å². The molecule has 1 unspecified atom stereocenters. The first-order valence-electron chi connectivity index (χ1n) is 8.27. The standard InChI is InChI=1S/C17H23N3O2/c1-3-21-15-11(2)4-5-13-16(15)22-19-17(13)18-14-10-20-8-6-12(14)7-9-20/h4-5,12,14H,3,6-10H2,1-2H3,(H,18,19). The van der Waals surface area contributed by atoms with Crippen molar-refractivity contribution in [3.8, 4) is 5.75 Å². The lowest BCUT2D eigenvalue weighted by Crippen LogP contribution is -2.53. The molecule has 118 valence electrons. The third kappa shape index (κ3) is 2.24. The zero-order chi connectivity index (χ0) is 15.1. The summed E-state index contributed by atoms with van der Waals surface area (Å²) in [7, 11) is 0. The predicted octanol–water partition coefficient (Wildman–Crippen LogP) is 3.04. The number of piperidine rings is 3. The summed E-state index contributed by atoms with van der Waals surface area (Å²) in [6.45, 7) is 8.26. The SMILES string of the molecule is CCOc1c(C)ccc2c(NC3CN4CCC3CC4)noc12. The van der Waals surface area contributed by atoms with E-state index in [1.54, 1.807) is 0 Å². The summed E-state index contributed by atoms with van der Waals surface area (Å²) in [5.41, 5.74) is 1.84. The normalized spacial score (nSPS) is 27.3. The largest absolute Gasteiger partial charge is 0.490 e. The molecule has 1 N–H and O–H groups in total. The van der Waals surface area contributed by atoms with Gasteiger partial charge in [0.1, 0.15) is 0 Å². The third-order valence-electron chi connectivity index (χ3n) is 5.06. The molecule has 5 heteroatoms. The highest BCUT2D eigenvalue weighted by Crippen LogP contribution is 2.36. The van der Waals surface area contributed by atoms with Crippen LogP contribution in [0.5, 0.6) is 5.75 Å². The van der Waals surface area contributed by atoms with Crippen LogP contribution in [0.1, 0.15) is 25.3 Å². The van der Waals surface area contributed by atoms with Gasteiger partial charge < -0.3 is 19.5 Å². The van der Waals surface area contributed by atoms with E-state index < -0.39 is 0 Å². The quantitative estimate of drug-likeness (QED) is 0.940. The molecule has 22 heavy (non-hydrogen) atoms. The highest BCUT2D eigenvalue weighted by Gasteiger charge is 2.34. The number of hydrogen-bond donors (Lipinski definition) is 1. The average molecular weight is 301 g/mol. The van der Waals surface area contributed by atoms with Gasteiger partial charge in [0, 0.05) is 12.6 Å². The number of fused-ring (bicyclic) bond motifs is 4. The molecule has 0 saturated carbocycles. The molecule has 0 aliphatic carbocycles. The fourth-order valence-corrected chi connectivity index (χ4v) is 3.81. The fraction of sp³-hybridized carbons (Fsp3) is 0.588. The van der Waals surface area contributed by atoms with Gasteiger partial charge in [0.25, 0.3) is 0 Å². The molecular weight excluding hydrogens is 278 g/mol. The van der Waals surface area contributed by atoms with Crippen LogP contribution in [0.25, 0.3) is 11.0 Å². The summed E-state index contributed by atoms with van der Waals surface area (Å²) >= 11 is 0. The second kappa shape index (κ2) is 5.47. The Labute approximate surface area is 130 Å². The molecule has 3 saturated heterocycles. The fourth-order valence-electron chi connectivity index (χ4n) is 3.81. The van der Waals surface area contributed by atoms with Crippen LogP contribution >= 0.6 is 0 Å². The average Bonchev–Trinajstić information content (AvgIpc) is 2.95. The highest BCUT2D eigenvalue weighted by atomic mass is 16.5. The molecule has 2 bridgehead atoms. The van der Waals surface area contributed by atoms with Gasteiger partial charge in [-0.05, 0) is 57.3 Å². The Morgan fingerprint density at radius 3 is 2.86 bits per heavy atom. The van der Waals surface area contributed by atoms with Gasteiger partial charge in [0.15, 0.2) is 11.6 Å². The molecule has 0 amide bonds. The number of anilines is 1. The minimum Gasteiger partial charge on any atom is -0.490 e. The minimum atomic E-state index is 0.479. The van der Waals surface area contributed by atoms with Gasteiger partial charge in [-0.2, -0.15) is 0 Å². The number of rotatable bonds is 4. The lowest BCUT2D eigenvalue weighted by molar-refractivity contribution is 0.0973. The summed E-state index contributed by atoms with van der Waals surface area (Å²) < 4.78 is 11.3. The molecule has 1 aromatic carbocycles. The zero-order valence-corrected chi connectivity index (χ0v) is 13.3. The second-order valence-corrected chi connectivity index (χ2v) is 6.44. The van der Waals surface area contributed by atoms with Crippen molar-refractivity contribution >= 4 is 16.8 Å². The third-order valence-corrected chi connectivity index (χ3v) is 5.06. The maximum absolute atomic E-state index is 5.73. The molecule has 0 radical (unpaired) electrons. The van der Waals surface area contributed by atoms with Crippen LogP contribution in [0.4, 0.5) is 5.82 Å². The van der Waals surface area contributed by atoms with E-state index in [0.717, 1.165) is 40.6 Å². The Morgan fingerprint density at radius 1 is 1.36 bits per heavy atom. The number of hydrogen-bond acceptors (Lipinski definition) is 5. The van der Waals surface area contributed by atoms with Crippen LogP contribution < -0.4 is 10.1 Å². The predicted molar refractivity (Wildman–Crippen MR) is 86.5 cm³/mol. The molecule has 5 nitrogen and oxygen atoms in total. The van der Waals surface area contributed by atoms with Gasteiger partial charge in [-0.15, -0.1) is 0 Å². The second-order valence-electron chi connectivity index (χ2n) is 6.44. The number of nitrogens with one attached hydrogen (secondary N) is 1. The molecule has 2 aromatic rings. The van der Waals surface area contributed by atoms with E-state index in [1.807, 2.05) is 13.8 Å². The maximum atomic E-state index is 5.73. The van der Waals surface area contributed by atoms with Crippen molar-refractivity contribution in [3.63, 3.8) is 0 Å². The number of aromatic nitrogens is 1. The molecule has 0 spiro atoms. The molecule has 1 aromatic heterocycles. The Kier molecular flexibility index (Phi) is 3.45. The van der Waals surface area contributed by atoms with Gasteiger partial charge in [-0.1, -0.05) is 11.2 Å².